The van der Waals surface area contributed by atoms with Crippen molar-refractivity contribution in [2.75, 3.05) is 13.2 Å². The number of hydrogen-bond donors (Lipinski definition) is 1. The van der Waals surface area contributed by atoms with Crippen LogP contribution in [0.25, 0.3) is 10.9 Å². The fourth-order valence-corrected chi connectivity index (χ4v) is 4.33. The molecule has 0 unspecified atom stereocenters. The minimum Gasteiger partial charge on any atom is -0.462 e. The average molecular weight is 399 g/mol. The van der Waals surface area contributed by atoms with E-state index in [9.17, 15) is 9.59 Å². The summed E-state index contributed by atoms with van der Waals surface area (Å²) in [5.74, 6) is 0.118. The topological polar surface area (TPSA) is 82.5 Å². The first-order valence-electron chi connectivity index (χ1n) is 9.21. The number of aryl methyl sites for hydroxylation is 2. The van der Waals surface area contributed by atoms with Gasteiger partial charge in [0, 0.05) is 30.2 Å². The van der Waals surface area contributed by atoms with Gasteiger partial charge in [-0.15, -0.1) is 0 Å². The molecule has 0 aliphatic carbocycles. The SMILES string of the molecule is CCOC(=O)c1c(C)n(C)c2ccc(Oc3nc4c(s3)C(=O)NCCC4)cc12. The van der Waals surface area contributed by atoms with Gasteiger partial charge in [-0.1, -0.05) is 11.3 Å². The number of aromatic nitrogens is 2. The number of amides is 1. The molecular weight excluding hydrogens is 378 g/mol. The molecule has 7 nitrogen and oxygen atoms in total. The lowest BCUT2D eigenvalue weighted by Crippen LogP contribution is -2.21. The highest BCUT2D eigenvalue weighted by molar-refractivity contribution is 7.15. The van der Waals surface area contributed by atoms with E-state index in [4.69, 9.17) is 9.47 Å². The minimum absolute atomic E-state index is 0.0985. The van der Waals surface area contributed by atoms with Gasteiger partial charge in [-0.05, 0) is 44.9 Å². The third kappa shape index (κ3) is 3.13. The van der Waals surface area contributed by atoms with Crippen molar-refractivity contribution in [3.63, 3.8) is 0 Å². The Hall–Kier alpha value is -2.87. The molecule has 8 heteroatoms. The van der Waals surface area contributed by atoms with Crippen molar-refractivity contribution < 1.29 is 19.1 Å². The van der Waals surface area contributed by atoms with Crippen molar-refractivity contribution in [3.8, 4) is 10.9 Å². The number of rotatable bonds is 4. The number of ether oxygens (including phenoxy) is 2. The van der Waals surface area contributed by atoms with Crippen molar-refractivity contribution in [1.82, 2.24) is 14.9 Å². The Morgan fingerprint density at radius 2 is 2.21 bits per heavy atom. The zero-order chi connectivity index (χ0) is 19.8. The summed E-state index contributed by atoms with van der Waals surface area (Å²) in [6.45, 7) is 4.66. The molecule has 0 bridgehead atoms. The molecule has 0 atom stereocenters. The van der Waals surface area contributed by atoms with E-state index >= 15 is 0 Å². The number of esters is 1. The molecule has 1 aliphatic heterocycles. The van der Waals surface area contributed by atoms with Gasteiger partial charge in [-0.2, -0.15) is 0 Å². The van der Waals surface area contributed by atoms with Gasteiger partial charge in [0.15, 0.2) is 0 Å². The van der Waals surface area contributed by atoms with Gasteiger partial charge in [0.1, 0.15) is 10.6 Å². The van der Waals surface area contributed by atoms with Crippen molar-refractivity contribution in [2.45, 2.75) is 26.7 Å². The van der Waals surface area contributed by atoms with Crippen LogP contribution in [-0.4, -0.2) is 34.6 Å². The van der Waals surface area contributed by atoms with E-state index in [-0.39, 0.29) is 11.9 Å². The molecule has 0 fully saturated rings. The van der Waals surface area contributed by atoms with Crippen molar-refractivity contribution in [3.05, 3.63) is 40.0 Å². The van der Waals surface area contributed by atoms with Gasteiger partial charge < -0.3 is 19.4 Å². The van der Waals surface area contributed by atoms with Gasteiger partial charge in [0.05, 0.1) is 17.9 Å². The number of nitrogens with zero attached hydrogens (tertiary/aromatic N) is 2. The highest BCUT2D eigenvalue weighted by Crippen LogP contribution is 2.34. The lowest BCUT2D eigenvalue weighted by Gasteiger charge is -2.04. The summed E-state index contributed by atoms with van der Waals surface area (Å²) in [5.41, 5.74) is 3.07. The Labute approximate surface area is 166 Å². The molecular formula is C20H21N3O4S. The van der Waals surface area contributed by atoms with Crippen LogP contribution >= 0.6 is 11.3 Å². The molecule has 146 valence electrons. The van der Waals surface area contributed by atoms with E-state index < -0.39 is 0 Å². The molecule has 0 saturated carbocycles. The fraction of sp³-hybridized carbons (Fsp3) is 0.350. The Morgan fingerprint density at radius 3 is 3.00 bits per heavy atom. The average Bonchev–Trinajstić information content (AvgIpc) is 3.12. The van der Waals surface area contributed by atoms with Crippen LogP contribution in [0.2, 0.25) is 0 Å². The Bertz CT molecular complexity index is 1080. The first kappa shape index (κ1) is 18.5. The normalized spacial score (nSPS) is 13.8. The Morgan fingerprint density at radius 1 is 1.39 bits per heavy atom. The molecule has 1 amide bonds. The molecule has 1 aliphatic rings. The standard InChI is InChI=1S/C20H21N3O4S/c1-4-26-19(25)16-11(2)23(3)15-8-7-12(10-13(15)16)27-20-22-14-6-5-9-21-18(24)17(14)28-20/h7-8,10H,4-6,9H2,1-3H3,(H,21,24). The molecule has 0 spiro atoms. The van der Waals surface area contributed by atoms with E-state index in [1.165, 1.54) is 11.3 Å². The monoisotopic (exact) mass is 399 g/mol. The van der Waals surface area contributed by atoms with Crippen LogP contribution in [0.4, 0.5) is 0 Å². The summed E-state index contributed by atoms with van der Waals surface area (Å²) >= 11 is 1.24. The molecule has 28 heavy (non-hydrogen) atoms. The van der Waals surface area contributed by atoms with E-state index in [1.807, 2.05) is 36.7 Å². The first-order valence-corrected chi connectivity index (χ1v) is 10.0. The maximum Gasteiger partial charge on any atom is 0.340 e. The van der Waals surface area contributed by atoms with Crippen LogP contribution < -0.4 is 10.1 Å². The van der Waals surface area contributed by atoms with Crippen LogP contribution in [0.5, 0.6) is 10.9 Å². The number of hydrogen-bond acceptors (Lipinski definition) is 6. The van der Waals surface area contributed by atoms with E-state index in [2.05, 4.69) is 10.3 Å². The maximum atomic E-state index is 12.4. The lowest BCUT2D eigenvalue weighted by atomic mass is 10.1. The fourth-order valence-electron chi connectivity index (χ4n) is 3.43. The molecule has 4 rings (SSSR count). The van der Waals surface area contributed by atoms with Gasteiger partial charge in [0.2, 0.25) is 0 Å². The molecule has 0 saturated heterocycles. The zero-order valence-electron chi connectivity index (χ0n) is 16.0. The number of nitrogens with one attached hydrogen (secondary N) is 1. The smallest absolute Gasteiger partial charge is 0.340 e. The van der Waals surface area contributed by atoms with Gasteiger partial charge >= 0.3 is 5.97 Å². The zero-order valence-corrected chi connectivity index (χ0v) is 16.8. The minimum atomic E-state index is -0.347. The second-order valence-corrected chi connectivity index (χ2v) is 7.60. The van der Waals surface area contributed by atoms with Crippen LogP contribution in [0.15, 0.2) is 18.2 Å². The maximum absolute atomic E-state index is 12.4. The predicted molar refractivity (Wildman–Crippen MR) is 106 cm³/mol. The molecule has 1 aromatic carbocycles. The van der Waals surface area contributed by atoms with E-state index in [0.29, 0.717) is 34.5 Å². The van der Waals surface area contributed by atoms with Gasteiger partial charge in [-0.3, -0.25) is 4.79 Å². The van der Waals surface area contributed by atoms with E-state index in [0.717, 1.165) is 35.1 Å². The van der Waals surface area contributed by atoms with Crippen LogP contribution in [0, 0.1) is 6.92 Å². The molecule has 3 heterocycles. The van der Waals surface area contributed by atoms with Crippen LogP contribution in [0.3, 0.4) is 0 Å². The third-order valence-electron chi connectivity index (χ3n) is 4.91. The number of carbonyl (C=O) groups is 2. The number of benzene rings is 1. The highest BCUT2D eigenvalue weighted by Gasteiger charge is 2.23. The summed E-state index contributed by atoms with van der Waals surface area (Å²) in [5, 5.41) is 4.06. The number of thiazole rings is 1. The Kier molecular flexibility index (Phi) is 4.80. The van der Waals surface area contributed by atoms with E-state index in [1.54, 1.807) is 6.92 Å². The molecule has 0 radical (unpaired) electrons. The summed E-state index contributed by atoms with van der Waals surface area (Å²) in [4.78, 5) is 29.6. The van der Waals surface area contributed by atoms with Gasteiger partial charge in [0.25, 0.3) is 11.1 Å². The highest BCUT2D eigenvalue weighted by atomic mass is 32.1. The summed E-state index contributed by atoms with van der Waals surface area (Å²) < 4.78 is 13.1. The second-order valence-electron chi connectivity index (χ2n) is 6.64. The third-order valence-corrected chi connectivity index (χ3v) is 5.88. The quantitative estimate of drug-likeness (QED) is 0.678. The number of fused-ring (bicyclic) bond motifs is 2. The van der Waals surface area contributed by atoms with Crippen molar-refractivity contribution >= 4 is 34.1 Å². The summed E-state index contributed by atoms with van der Waals surface area (Å²) in [6.07, 6.45) is 1.61. The van der Waals surface area contributed by atoms with Gasteiger partial charge in [-0.25, -0.2) is 9.78 Å². The summed E-state index contributed by atoms with van der Waals surface area (Å²) in [7, 11) is 1.91. The van der Waals surface area contributed by atoms with Crippen molar-refractivity contribution in [1.29, 1.82) is 0 Å². The second kappa shape index (κ2) is 7.27. The largest absolute Gasteiger partial charge is 0.462 e. The lowest BCUT2D eigenvalue weighted by molar-refractivity contribution is 0.0527. The predicted octanol–water partition coefficient (Wildman–Crippen LogP) is 3.59. The van der Waals surface area contributed by atoms with Crippen LogP contribution in [0.1, 0.15) is 44.8 Å². The first-order chi connectivity index (χ1) is 13.5. The number of carbonyl (C=O) groups excluding carboxylic acids is 2. The van der Waals surface area contributed by atoms with Crippen LogP contribution in [-0.2, 0) is 18.2 Å². The van der Waals surface area contributed by atoms with Crippen molar-refractivity contribution in [2.24, 2.45) is 7.05 Å². The molecule has 1 N–H and O–H groups in total. The molecule has 2 aromatic heterocycles. The Balaban J connectivity index is 1.70. The summed E-state index contributed by atoms with van der Waals surface area (Å²) in [6, 6.07) is 5.57. The molecule has 3 aromatic rings.